The molecular formula is C21H19N3O4. The Bertz CT molecular complexity index is 1120. The Morgan fingerprint density at radius 3 is 2.71 bits per heavy atom. The molecule has 7 nitrogen and oxygen atoms in total. The van der Waals surface area contributed by atoms with Crippen molar-refractivity contribution in [3.63, 3.8) is 0 Å². The Kier molecular flexibility index (Phi) is 4.00. The zero-order chi connectivity index (χ0) is 19.1. The SMILES string of the molecule is O=C(c1n[nH]c(=O)c2ccccc12)N1CCCC1c1ccc2c(c1)OCCO2. The molecule has 1 aromatic heterocycles. The van der Waals surface area contributed by atoms with Gasteiger partial charge in [-0.2, -0.15) is 5.10 Å². The standard InChI is InChI=1S/C21H19N3O4/c25-20-15-5-2-1-4-14(15)19(22-23-20)21(26)24-9-3-6-16(24)13-7-8-17-18(12-13)28-11-10-27-17/h1-2,4-5,7-8,12,16H,3,6,9-11H2,(H,23,25). The Morgan fingerprint density at radius 1 is 1.07 bits per heavy atom. The van der Waals surface area contributed by atoms with E-state index in [4.69, 9.17) is 9.47 Å². The molecule has 1 fully saturated rings. The first kappa shape index (κ1) is 16.8. The molecule has 1 amide bonds. The van der Waals surface area contributed by atoms with Gasteiger partial charge in [-0.3, -0.25) is 9.59 Å². The maximum absolute atomic E-state index is 13.3. The van der Waals surface area contributed by atoms with Gasteiger partial charge in [0, 0.05) is 11.9 Å². The van der Waals surface area contributed by atoms with E-state index in [0.29, 0.717) is 30.5 Å². The quantitative estimate of drug-likeness (QED) is 0.742. The fraction of sp³-hybridized carbons (Fsp3) is 0.286. The number of carbonyl (C=O) groups excluding carboxylic acids is 1. The molecule has 0 spiro atoms. The van der Waals surface area contributed by atoms with Gasteiger partial charge >= 0.3 is 0 Å². The van der Waals surface area contributed by atoms with Gasteiger partial charge in [0.1, 0.15) is 13.2 Å². The van der Waals surface area contributed by atoms with Crippen LogP contribution in [-0.4, -0.2) is 40.8 Å². The van der Waals surface area contributed by atoms with E-state index in [9.17, 15) is 9.59 Å². The number of amides is 1. The number of rotatable bonds is 2. The van der Waals surface area contributed by atoms with E-state index in [-0.39, 0.29) is 23.2 Å². The molecule has 2 aliphatic heterocycles. The third kappa shape index (κ3) is 2.70. The van der Waals surface area contributed by atoms with E-state index in [2.05, 4.69) is 10.2 Å². The Balaban J connectivity index is 1.52. The predicted octanol–water partition coefficient (Wildman–Crippen LogP) is 2.67. The molecular weight excluding hydrogens is 358 g/mol. The van der Waals surface area contributed by atoms with Gasteiger partial charge < -0.3 is 14.4 Å². The van der Waals surface area contributed by atoms with Gasteiger partial charge in [0.2, 0.25) is 0 Å². The van der Waals surface area contributed by atoms with Gasteiger partial charge in [0.05, 0.1) is 11.4 Å². The first-order valence-corrected chi connectivity index (χ1v) is 9.40. The number of ether oxygens (including phenoxy) is 2. The summed E-state index contributed by atoms with van der Waals surface area (Å²) in [6, 6.07) is 12.8. The van der Waals surface area contributed by atoms with Crippen molar-refractivity contribution in [2.75, 3.05) is 19.8 Å². The number of aromatic amines is 1. The average molecular weight is 377 g/mol. The number of carbonyl (C=O) groups is 1. The smallest absolute Gasteiger partial charge is 0.275 e. The van der Waals surface area contributed by atoms with E-state index >= 15 is 0 Å². The molecule has 0 aliphatic carbocycles. The molecule has 0 bridgehead atoms. The highest BCUT2D eigenvalue weighted by Gasteiger charge is 2.33. The van der Waals surface area contributed by atoms with Gasteiger partial charge in [-0.1, -0.05) is 24.3 Å². The van der Waals surface area contributed by atoms with Gasteiger partial charge in [0.15, 0.2) is 17.2 Å². The van der Waals surface area contributed by atoms with E-state index in [0.717, 1.165) is 29.9 Å². The lowest BCUT2D eigenvalue weighted by molar-refractivity contribution is 0.0730. The average Bonchev–Trinajstić information content (AvgIpc) is 3.23. The second-order valence-corrected chi connectivity index (χ2v) is 7.01. The summed E-state index contributed by atoms with van der Waals surface area (Å²) < 4.78 is 11.3. The summed E-state index contributed by atoms with van der Waals surface area (Å²) in [5.41, 5.74) is 1.00. The van der Waals surface area contributed by atoms with Crippen LogP contribution in [0.25, 0.3) is 10.8 Å². The second-order valence-electron chi connectivity index (χ2n) is 7.01. The molecule has 0 saturated carbocycles. The van der Waals surface area contributed by atoms with Crippen LogP contribution in [0, 0.1) is 0 Å². The maximum atomic E-state index is 13.3. The lowest BCUT2D eigenvalue weighted by Crippen LogP contribution is -2.32. The molecule has 1 N–H and O–H groups in total. The van der Waals surface area contributed by atoms with Crippen molar-refractivity contribution in [3.8, 4) is 11.5 Å². The van der Waals surface area contributed by atoms with Crippen molar-refractivity contribution in [1.82, 2.24) is 15.1 Å². The highest BCUT2D eigenvalue weighted by atomic mass is 16.6. The fourth-order valence-electron chi connectivity index (χ4n) is 4.04. The number of benzene rings is 2. The molecule has 3 heterocycles. The van der Waals surface area contributed by atoms with Crippen LogP contribution < -0.4 is 15.0 Å². The number of nitrogens with zero attached hydrogens (tertiary/aromatic N) is 2. The third-order valence-electron chi connectivity index (χ3n) is 5.36. The molecule has 1 unspecified atom stereocenters. The molecule has 1 atom stereocenters. The van der Waals surface area contributed by atoms with Crippen molar-refractivity contribution >= 4 is 16.7 Å². The number of nitrogens with one attached hydrogen (secondary N) is 1. The zero-order valence-electron chi connectivity index (χ0n) is 15.2. The Hall–Kier alpha value is -3.35. The van der Waals surface area contributed by atoms with Crippen LogP contribution in [0.3, 0.4) is 0 Å². The van der Waals surface area contributed by atoms with Crippen LogP contribution in [0.5, 0.6) is 11.5 Å². The van der Waals surface area contributed by atoms with Crippen molar-refractivity contribution in [1.29, 1.82) is 0 Å². The summed E-state index contributed by atoms with van der Waals surface area (Å²) in [4.78, 5) is 27.2. The second kappa shape index (κ2) is 6.67. The lowest BCUT2D eigenvalue weighted by atomic mass is 10.0. The minimum Gasteiger partial charge on any atom is -0.486 e. The summed E-state index contributed by atoms with van der Waals surface area (Å²) in [6.45, 7) is 1.72. The van der Waals surface area contributed by atoms with Crippen LogP contribution in [0.15, 0.2) is 47.3 Å². The van der Waals surface area contributed by atoms with Crippen molar-refractivity contribution < 1.29 is 14.3 Å². The normalized spacial score (nSPS) is 18.4. The van der Waals surface area contributed by atoms with Crippen LogP contribution >= 0.6 is 0 Å². The number of aromatic nitrogens is 2. The molecule has 3 aromatic rings. The first-order valence-electron chi connectivity index (χ1n) is 9.40. The van der Waals surface area contributed by atoms with Crippen molar-refractivity contribution in [2.45, 2.75) is 18.9 Å². The topological polar surface area (TPSA) is 84.5 Å². The number of likely N-dealkylation sites (tertiary alicyclic amines) is 1. The molecule has 5 rings (SSSR count). The largest absolute Gasteiger partial charge is 0.486 e. The minimum atomic E-state index is -0.294. The molecule has 28 heavy (non-hydrogen) atoms. The molecule has 142 valence electrons. The number of fused-ring (bicyclic) bond motifs is 2. The first-order chi connectivity index (χ1) is 13.7. The van der Waals surface area contributed by atoms with E-state index in [1.54, 1.807) is 18.2 Å². The summed E-state index contributed by atoms with van der Waals surface area (Å²) in [5, 5.41) is 7.57. The van der Waals surface area contributed by atoms with Crippen molar-refractivity contribution in [3.05, 3.63) is 64.1 Å². The Labute approximate surface area is 160 Å². The summed E-state index contributed by atoms with van der Waals surface area (Å²) in [7, 11) is 0. The molecule has 2 aliphatic rings. The highest BCUT2D eigenvalue weighted by Crippen LogP contribution is 2.38. The van der Waals surface area contributed by atoms with Gasteiger partial charge in [-0.25, -0.2) is 5.10 Å². The summed E-state index contributed by atoms with van der Waals surface area (Å²) in [5.74, 6) is 1.28. The van der Waals surface area contributed by atoms with Crippen LogP contribution in [0.1, 0.15) is 34.9 Å². The van der Waals surface area contributed by atoms with Crippen molar-refractivity contribution in [2.24, 2.45) is 0 Å². The zero-order valence-corrected chi connectivity index (χ0v) is 15.2. The van der Waals surface area contributed by atoms with E-state index in [1.165, 1.54) is 0 Å². The van der Waals surface area contributed by atoms with E-state index < -0.39 is 0 Å². The van der Waals surface area contributed by atoms with Gasteiger partial charge in [-0.05, 0) is 36.6 Å². The lowest BCUT2D eigenvalue weighted by Gasteiger charge is -2.26. The Morgan fingerprint density at radius 2 is 1.86 bits per heavy atom. The maximum Gasteiger partial charge on any atom is 0.275 e. The summed E-state index contributed by atoms with van der Waals surface area (Å²) >= 11 is 0. The predicted molar refractivity (Wildman–Crippen MR) is 103 cm³/mol. The number of hydrogen-bond donors (Lipinski definition) is 1. The van der Waals surface area contributed by atoms with Crippen LogP contribution in [0.4, 0.5) is 0 Å². The minimum absolute atomic E-state index is 0.0594. The van der Waals surface area contributed by atoms with Crippen LogP contribution in [-0.2, 0) is 0 Å². The third-order valence-corrected chi connectivity index (χ3v) is 5.36. The molecule has 0 radical (unpaired) electrons. The van der Waals surface area contributed by atoms with E-state index in [1.807, 2.05) is 29.2 Å². The summed E-state index contributed by atoms with van der Waals surface area (Å²) in [6.07, 6.45) is 1.78. The highest BCUT2D eigenvalue weighted by molar-refractivity contribution is 6.05. The molecule has 2 aromatic carbocycles. The molecule has 7 heteroatoms. The van der Waals surface area contributed by atoms with Gasteiger partial charge in [-0.15, -0.1) is 0 Å². The number of hydrogen-bond acceptors (Lipinski definition) is 5. The molecule has 1 saturated heterocycles. The monoisotopic (exact) mass is 377 g/mol. The fourth-order valence-corrected chi connectivity index (χ4v) is 4.04. The van der Waals surface area contributed by atoms with Crippen LogP contribution in [0.2, 0.25) is 0 Å². The number of H-pyrrole nitrogens is 1. The van der Waals surface area contributed by atoms with Gasteiger partial charge in [0.25, 0.3) is 11.5 Å².